The van der Waals surface area contributed by atoms with E-state index in [2.05, 4.69) is 37.0 Å². The highest BCUT2D eigenvalue weighted by Crippen LogP contribution is 2.63. The fourth-order valence-corrected chi connectivity index (χ4v) is 4.53. The normalized spacial score (nSPS) is 19.5. The van der Waals surface area contributed by atoms with E-state index in [0.717, 1.165) is 29.8 Å². The van der Waals surface area contributed by atoms with Crippen molar-refractivity contribution < 1.29 is 13.2 Å². The molecule has 1 fully saturated rings. The number of benzene rings is 1. The first-order valence-electron chi connectivity index (χ1n) is 7.45. The van der Waals surface area contributed by atoms with Crippen LogP contribution in [0.25, 0.3) is 5.69 Å². The summed E-state index contributed by atoms with van der Waals surface area (Å²) in [6.07, 6.45) is -1.82. The Morgan fingerprint density at radius 2 is 1.76 bits per heavy atom. The number of halogens is 7. The van der Waals surface area contributed by atoms with E-state index in [1.165, 1.54) is 4.68 Å². The third-order valence-electron chi connectivity index (χ3n) is 4.09. The molecule has 1 atom stereocenters. The molecule has 1 heterocycles. The molecule has 1 aliphatic rings. The Morgan fingerprint density at radius 1 is 1.24 bits per heavy atom. The van der Waals surface area contributed by atoms with Crippen molar-refractivity contribution in [3.63, 3.8) is 0 Å². The van der Waals surface area contributed by atoms with Gasteiger partial charge >= 0.3 is 6.18 Å². The molecule has 1 saturated carbocycles. The molecule has 0 N–H and O–H groups in total. The second-order valence-electron chi connectivity index (χ2n) is 6.37. The lowest BCUT2D eigenvalue weighted by molar-refractivity contribution is -0.137. The molecule has 1 aromatic carbocycles. The maximum absolute atomic E-state index is 12.9. The van der Waals surface area contributed by atoms with Crippen molar-refractivity contribution in [3.05, 3.63) is 45.2 Å². The summed E-state index contributed by atoms with van der Waals surface area (Å²) in [4.78, 5) is 0. The van der Waals surface area contributed by atoms with Gasteiger partial charge in [-0.3, -0.25) is 0 Å². The van der Waals surface area contributed by atoms with Crippen LogP contribution in [-0.2, 0) is 6.18 Å². The molecule has 136 valence electrons. The van der Waals surface area contributed by atoms with Crippen LogP contribution in [0.4, 0.5) is 13.2 Å². The van der Waals surface area contributed by atoms with Crippen LogP contribution >= 0.6 is 55.1 Å². The zero-order chi connectivity index (χ0) is 18.7. The summed E-state index contributed by atoms with van der Waals surface area (Å²) in [5.41, 5.74) is 1.26. The fourth-order valence-electron chi connectivity index (χ4n) is 2.73. The molecule has 0 aliphatic heterocycles. The zero-order valence-electron chi connectivity index (χ0n) is 13.1. The van der Waals surface area contributed by atoms with Crippen LogP contribution in [0.5, 0.6) is 0 Å². The Bertz CT molecular complexity index is 808. The molecule has 0 saturated heterocycles. The topological polar surface area (TPSA) is 17.8 Å². The van der Waals surface area contributed by atoms with Crippen LogP contribution in [0.15, 0.2) is 18.3 Å². The summed E-state index contributed by atoms with van der Waals surface area (Å²) >= 11 is 19.4. The number of nitrogens with zero attached hydrogens (tertiary/aromatic N) is 2. The van der Waals surface area contributed by atoms with Crippen LogP contribution in [0.2, 0.25) is 10.0 Å². The zero-order valence-corrected chi connectivity index (χ0v) is 17.8. The van der Waals surface area contributed by atoms with Crippen LogP contribution in [-0.4, -0.2) is 13.0 Å². The largest absolute Gasteiger partial charge is 0.416 e. The number of hydrogen-bond acceptors (Lipinski definition) is 1. The molecule has 1 aromatic heterocycles. The van der Waals surface area contributed by atoms with E-state index in [1.807, 2.05) is 13.8 Å². The first-order valence-corrected chi connectivity index (χ1v) is 9.80. The maximum atomic E-state index is 12.9. The summed E-state index contributed by atoms with van der Waals surface area (Å²) in [5, 5.41) is 4.36. The van der Waals surface area contributed by atoms with Crippen LogP contribution in [0, 0.1) is 0 Å². The van der Waals surface area contributed by atoms with Crippen molar-refractivity contribution in [2.75, 3.05) is 0 Å². The molecule has 2 nitrogen and oxygen atoms in total. The van der Waals surface area contributed by atoms with Gasteiger partial charge in [-0.25, -0.2) is 4.68 Å². The van der Waals surface area contributed by atoms with E-state index in [4.69, 9.17) is 23.2 Å². The average Bonchev–Trinajstić information content (AvgIpc) is 2.90. The van der Waals surface area contributed by atoms with E-state index >= 15 is 0 Å². The smallest absolute Gasteiger partial charge is 0.237 e. The predicted molar refractivity (Wildman–Crippen MR) is 101 cm³/mol. The standard InChI is InChI=1S/C16H13Br2Cl2F3N2/c1-7(2)13-9(10-5-15(10,17)18)6-25(24-13)14-11(19)3-8(4-12(14)20)16(21,22)23/h3-4,6-7,10H,5H2,1-2H3. The molecule has 0 bridgehead atoms. The second-order valence-corrected chi connectivity index (χ2v) is 11.1. The van der Waals surface area contributed by atoms with Gasteiger partial charge in [0.15, 0.2) is 0 Å². The van der Waals surface area contributed by atoms with Crippen molar-refractivity contribution >= 4 is 55.1 Å². The van der Waals surface area contributed by atoms with E-state index in [0.29, 0.717) is 0 Å². The summed E-state index contributed by atoms with van der Waals surface area (Å²) < 4.78 is 40.0. The van der Waals surface area contributed by atoms with E-state index < -0.39 is 11.7 Å². The van der Waals surface area contributed by atoms with Gasteiger partial charge in [0.05, 0.1) is 24.5 Å². The third kappa shape index (κ3) is 3.75. The van der Waals surface area contributed by atoms with Gasteiger partial charge in [-0.2, -0.15) is 18.3 Å². The van der Waals surface area contributed by atoms with Crippen LogP contribution in [0.1, 0.15) is 48.9 Å². The maximum Gasteiger partial charge on any atom is 0.416 e. The minimum atomic E-state index is -4.51. The number of hydrogen-bond donors (Lipinski definition) is 0. The van der Waals surface area contributed by atoms with Crippen molar-refractivity contribution in [1.82, 2.24) is 9.78 Å². The summed E-state index contributed by atoms with van der Waals surface area (Å²) in [5.74, 6) is 0.380. The molecule has 1 unspecified atom stereocenters. The number of aromatic nitrogens is 2. The van der Waals surface area contributed by atoms with Gasteiger partial charge in [-0.15, -0.1) is 0 Å². The van der Waals surface area contributed by atoms with Crippen molar-refractivity contribution in [2.45, 2.75) is 41.5 Å². The van der Waals surface area contributed by atoms with E-state index in [9.17, 15) is 13.2 Å². The molecule has 1 aliphatic carbocycles. The highest BCUT2D eigenvalue weighted by Gasteiger charge is 2.52. The predicted octanol–water partition coefficient (Wildman–Crippen LogP) is 7.29. The fraction of sp³-hybridized carbons (Fsp3) is 0.438. The molecule has 0 radical (unpaired) electrons. The van der Waals surface area contributed by atoms with Gasteiger partial charge < -0.3 is 0 Å². The SMILES string of the molecule is CC(C)c1nn(-c2c(Cl)cc(C(F)(F)F)cc2Cl)cc1C1CC1(Br)Br. The second kappa shape index (κ2) is 6.43. The van der Waals surface area contributed by atoms with Crippen molar-refractivity contribution in [2.24, 2.45) is 0 Å². The molecular weight excluding hydrogens is 508 g/mol. The Hall–Kier alpha value is -0.240. The van der Waals surface area contributed by atoms with Gasteiger partial charge in [0.1, 0.15) is 5.69 Å². The average molecular weight is 521 g/mol. The van der Waals surface area contributed by atoms with E-state index in [-0.39, 0.29) is 30.8 Å². The molecule has 2 aromatic rings. The molecule has 0 amide bonds. The first kappa shape index (κ1) is 19.5. The van der Waals surface area contributed by atoms with Gasteiger partial charge in [-0.1, -0.05) is 68.9 Å². The highest BCUT2D eigenvalue weighted by atomic mass is 79.9. The van der Waals surface area contributed by atoms with Gasteiger partial charge in [0, 0.05) is 12.1 Å². The monoisotopic (exact) mass is 518 g/mol. The number of alkyl halides is 5. The van der Waals surface area contributed by atoms with Crippen molar-refractivity contribution in [3.8, 4) is 5.69 Å². The minimum Gasteiger partial charge on any atom is -0.237 e. The summed E-state index contributed by atoms with van der Waals surface area (Å²) in [6, 6.07) is 1.74. The van der Waals surface area contributed by atoms with Gasteiger partial charge in [-0.05, 0) is 30.0 Å². The van der Waals surface area contributed by atoms with E-state index in [1.54, 1.807) is 6.20 Å². The Balaban J connectivity index is 2.10. The van der Waals surface area contributed by atoms with Gasteiger partial charge in [0.2, 0.25) is 0 Å². The van der Waals surface area contributed by atoms with Crippen LogP contribution < -0.4 is 0 Å². The Morgan fingerprint density at radius 3 is 2.16 bits per heavy atom. The van der Waals surface area contributed by atoms with Gasteiger partial charge in [0.25, 0.3) is 0 Å². The Labute approximate surface area is 169 Å². The molecule has 9 heteroatoms. The quantitative estimate of drug-likeness (QED) is 0.388. The lowest BCUT2D eigenvalue weighted by Crippen LogP contribution is -2.07. The molecule has 0 spiro atoms. The molecule has 25 heavy (non-hydrogen) atoms. The lowest BCUT2D eigenvalue weighted by Gasteiger charge is -2.12. The van der Waals surface area contributed by atoms with Crippen LogP contribution in [0.3, 0.4) is 0 Å². The first-order chi connectivity index (χ1) is 11.4. The van der Waals surface area contributed by atoms with Crippen molar-refractivity contribution in [1.29, 1.82) is 0 Å². The Kier molecular flexibility index (Phi) is 5.02. The number of rotatable bonds is 3. The highest BCUT2D eigenvalue weighted by molar-refractivity contribution is 9.25. The summed E-state index contributed by atoms with van der Waals surface area (Å²) in [6.45, 7) is 4.03. The molecule has 3 rings (SSSR count). The molecular formula is C16H13Br2Cl2F3N2. The third-order valence-corrected chi connectivity index (χ3v) is 6.42. The lowest BCUT2D eigenvalue weighted by atomic mass is 10.0. The summed E-state index contributed by atoms with van der Waals surface area (Å²) in [7, 11) is 0. The minimum absolute atomic E-state index is 0.0936.